The number of hydrogen-bond donors (Lipinski definition) is 1. The van der Waals surface area contributed by atoms with E-state index in [0.717, 1.165) is 31.8 Å². The van der Waals surface area contributed by atoms with Crippen LogP contribution in [0.4, 0.5) is 0 Å². The Balaban J connectivity index is 1.40. The van der Waals surface area contributed by atoms with Crippen LogP contribution in [0.25, 0.3) is 5.65 Å². The SMILES string of the molecule is Cc1cccn2c(CNC[C@@H]3CCO[C@@H]3c3cnn(C)c3)cnc12. The Hall–Kier alpha value is -2.18. The second-order valence-corrected chi connectivity index (χ2v) is 6.55. The molecule has 0 saturated carbocycles. The molecule has 1 fully saturated rings. The van der Waals surface area contributed by atoms with Crippen molar-refractivity contribution in [2.24, 2.45) is 13.0 Å². The molecule has 2 atom stereocenters. The van der Waals surface area contributed by atoms with E-state index in [1.54, 1.807) is 0 Å². The van der Waals surface area contributed by atoms with Crippen molar-refractivity contribution in [1.82, 2.24) is 24.5 Å². The third-order valence-corrected chi connectivity index (χ3v) is 4.79. The molecule has 1 N–H and O–H groups in total. The monoisotopic (exact) mass is 325 g/mol. The van der Waals surface area contributed by atoms with Crippen LogP contribution in [0.3, 0.4) is 0 Å². The fourth-order valence-electron chi connectivity index (χ4n) is 3.52. The number of aromatic nitrogens is 4. The van der Waals surface area contributed by atoms with Crippen LogP contribution in [-0.4, -0.2) is 32.3 Å². The Bertz CT molecular complexity index is 837. The first-order valence-corrected chi connectivity index (χ1v) is 8.45. The maximum absolute atomic E-state index is 5.93. The van der Waals surface area contributed by atoms with Gasteiger partial charge in [0.25, 0.3) is 0 Å². The molecule has 0 radical (unpaired) electrons. The van der Waals surface area contributed by atoms with Gasteiger partial charge in [0.15, 0.2) is 0 Å². The lowest BCUT2D eigenvalue weighted by molar-refractivity contribution is 0.0903. The number of fused-ring (bicyclic) bond motifs is 1. The molecule has 126 valence electrons. The summed E-state index contributed by atoms with van der Waals surface area (Å²) in [7, 11) is 1.94. The Labute approximate surface area is 141 Å². The van der Waals surface area contributed by atoms with Crippen LogP contribution < -0.4 is 5.32 Å². The molecule has 3 aromatic heterocycles. The topological polar surface area (TPSA) is 56.4 Å². The van der Waals surface area contributed by atoms with Crippen molar-refractivity contribution in [3.8, 4) is 0 Å². The van der Waals surface area contributed by atoms with E-state index >= 15 is 0 Å². The quantitative estimate of drug-likeness (QED) is 0.782. The molecule has 3 aromatic rings. The molecule has 4 heterocycles. The summed E-state index contributed by atoms with van der Waals surface area (Å²) in [4.78, 5) is 4.52. The van der Waals surface area contributed by atoms with E-state index in [1.807, 2.05) is 24.1 Å². The van der Waals surface area contributed by atoms with E-state index in [1.165, 1.54) is 16.8 Å². The molecule has 1 aliphatic rings. The van der Waals surface area contributed by atoms with Crippen molar-refractivity contribution in [3.63, 3.8) is 0 Å². The Morgan fingerprint density at radius 1 is 1.38 bits per heavy atom. The van der Waals surface area contributed by atoms with Crippen LogP contribution in [0.15, 0.2) is 36.9 Å². The summed E-state index contributed by atoms with van der Waals surface area (Å²) >= 11 is 0. The zero-order valence-corrected chi connectivity index (χ0v) is 14.1. The van der Waals surface area contributed by atoms with Crippen molar-refractivity contribution in [2.45, 2.75) is 26.0 Å². The van der Waals surface area contributed by atoms with Crippen molar-refractivity contribution < 1.29 is 4.74 Å². The molecule has 0 unspecified atom stereocenters. The molecule has 24 heavy (non-hydrogen) atoms. The lowest BCUT2D eigenvalue weighted by atomic mass is 9.97. The average molecular weight is 325 g/mol. The van der Waals surface area contributed by atoms with Gasteiger partial charge in [0, 0.05) is 50.6 Å². The molecule has 1 saturated heterocycles. The van der Waals surface area contributed by atoms with Crippen LogP contribution in [-0.2, 0) is 18.3 Å². The van der Waals surface area contributed by atoms with Gasteiger partial charge in [0.05, 0.1) is 24.2 Å². The third kappa shape index (κ3) is 2.83. The van der Waals surface area contributed by atoms with Crippen molar-refractivity contribution in [2.75, 3.05) is 13.2 Å². The fraction of sp³-hybridized carbons (Fsp3) is 0.444. The summed E-state index contributed by atoms with van der Waals surface area (Å²) in [6.07, 6.45) is 9.23. The fourth-order valence-corrected chi connectivity index (χ4v) is 3.52. The van der Waals surface area contributed by atoms with Gasteiger partial charge in [-0.15, -0.1) is 0 Å². The number of aryl methyl sites for hydroxylation is 2. The number of nitrogens with one attached hydrogen (secondary N) is 1. The summed E-state index contributed by atoms with van der Waals surface area (Å²) in [5.41, 5.74) is 4.59. The third-order valence-electron chi connectivity index (χ3n) is 4.79. The number of imidazole rings is 1. The van der Waals surface area contributed by atoms with Crippen LogP contribution >= 0.6 is 0 Å². The first-order valence-electron chi connectivity index (χ1n) is 8.45. The minimum Gasteiger partial charge on any atom is -0.373 e. The van der Waals surface area contributed by atoms with Gasteiger partial charge in [-0.05, 0) is 25.0 Å². The lowest BCUT2D eigenvalue weighted by Crippen LogP contribution is -2.25. The highest BCUT2D eigenvalue weighted by atomic mass is 16.5. The zero-order chi connectivity index (χ0) is 16.5. The highest BCUT2D eigenvalue weighted by molar-refractivity contribution is 5.48. The van der Waals surface area contributed by atoms with Crippen LogP contribution in [0, 0.1) is 12.8 Å². The normalized spacial score (nSPS) is 20.9. The molecular formula is C18H23N5O. The Morgan fingerprint density at radius 3 is 3.12 bits per heavy atom. The lowest BCUT2D eigenvalue weighted by Gasteiger charge is -2.17. The first-order chi connectivity index (χ1) is 11.7. The van der Waals surface area contributed by atoms with Gasteiger partial charge in [-0.3, -0.25) is 4.68 Å². The van der Waals surface area contributed by atoms with Gasteiger partial charge in [0.2, 0.25) is 0 Å². The number of ether oxygens (including phenoxy) is 1. The number of hydrogen-bond acceptors (Lipinski definition) is 4. The number of nitrogens with zero attached hydrogens (tertiary/aromatic N) is 4. The summed E-state index contributed by atoms with van der Waals surface area (Å²) < 4.78 is 9.92. The molecule has 6 nitrogen and oxygen atoms in total. The maximum Gasteiger partial charge on any atom is 0.139 e. The molecular weight excluding hydrogens is 302 g/mol. The Morgan fingerprint density at radius 2 is 2.29 bits per heavy atom. The Kier molecular flexibility index (Phi) is 4.08. The van der Waals surface area contributed by atoms with Gasteiger partial charge >= 0.3 is 0 Å². The zero-order valence-electron chi connectivity index (χ0n) is 14.1. The minimum absolute atomic E-state index is 0.149. The van der Waals surface area contributed by atoms with Gasteiger partial charge < -0.3 is 14.5 Å². The number of rotatable bonds is 5. The second-order valence-electron chi connectivity index (χ2n) is 6.55. The largest absolute Gasteiger partial charge is 0.373 e. The van der Waals surface area contributed by atoms with Crippen molar-refractivity contribution in [3.05, 3.63) is 53.7 Å². The van der Waals surface area contributed by atoms with Crippen molar-refractivity contribution in [1.29, 1.82) is 0 Å². The standard InChI is InChI=1S/C18H23N5O/c1-13-4-3-6-23-16(11-20-18(13)23)10-19-8-14-5-7-24-17(14)15-9-21-22(2)12-15/h3-4,6,9,11-12,14,17,19H,5,7-8,10H2,1-2H3/t14-,17-/m0/s1. The van der Waals surface area contributed by atoms with E-state index in [4.69, 9.17) is 4.74 Å². The number of pyridine rings is 1. The van der Waals surface area contributed by atoms with Gasteiger partial charge in [0.1, 0.15) is 5.65 Å². The highest BCUT2D eigenvalue weighted by Gasteiger charge is 2.30. The van der Waals surface area contributed by atoms with E-state index in [9.17, 15) is 0 Å². The first kappa shape index (κ1) is 15.4. The van der Waals surface area contributed by atoms with Gasteiger partial charge in [-0.2, -0.15) is 5.10 Å². The summed E-state index contributed by atoms with van der Waals surface area (Å²) in [6.45, 7) is 4.65. The van der Waals surface area contributed by atoms with E-state index in [0.29, 0.717) is 5.92 Å². The predicted molar refractivity (Wildman–Crippen MR) is 91.6 cm³/mol. The maximum atomic E-state index is 5.93. The average Bonchev–Trinajstić information content (AvgIpc) is 3.28. The molecule has 4 rings (SSSR count). The molecule has 0 aliphatic carbocycles. The smallest absolute Gasteiger partial charge is 0.139 e. The van der Waals surface area contributed by atoms with Crippen LogP contribution in [0.2, 0.25) is 0 Å². The molecule has 1 aliphatic heterocycles. The minimum atomic E-state index is 0.149. The van der Waals surface area contributed by atoms with E-state index in [2.05, 4.69) is 51.3 Å². The molecule has 0 spiro atoms. The summed E-state index contributed by atoms with van der Waals surface area (Å²) in [5, 5.41) is 7.84. The molecule has 0 aromatic carbocycles. The van der Waals surface area contributed by atoms with E-state index in [-0.39, 0.29) is 6.10 Å². The van der Waals surface area contributed by atoms with Gasteiger partial charge in [-0.1, -0.05) is 6.07 Å². The van der Waals surface area contributed by atoms with E-state index < -0.39 is 0 Å². The summed E-state index contributed by atoms with van der Waals surface area (Å²) in [5.74, 6) is 0.482. The van der Waals surface area contributed by atoms with Crippen LogP contribution in [0.5, 0.6) is 0 Å². The van der Waals surface area contributed by atoms with Crippen molar-refractivity contribution >= 4 is 5.65 Å². The molecule has 6 heteroatoms. The van der Waals surface area contributed by atoms with Gasteiger partial charge in [-0.25, -0.2) is 4.98 Å². The second kappa shape index (κ2) is 6.37. The molecule has 0 bridgehead atoms. The molecule has 0 amide bonds. The summed E-state index contributed by atoms with van der Waals surface area (Å²) in [6, 6.07) is 4.16. The predicted octanol–water partition coefficient (Wildman–Crippen LogP) is 2.24. The van der Waals surface area contributed by atoms with Crippen LogP contribution in [0.1, 0.15) is 29.3 Å². The highest BCUT2D eigenvalue weighted by Crippen LogP contribution is 2.33.